The molecule has 0 saturated carbocycles. The van der Waals surface area contributed by atoms with Crippen molar-refractivity contribution in [2.75, 3.05) is 5.73 Å². The summed E-state index contributed by atoms with van der Waals surface area (Å²) in [5, 5.41) is 8.90. The molecule has 0 aliphatic carbocycles. The average molecular weight is 159 g/mol. The van der Waals surface area contributed by atoms with E-state index in [-0.39, 0.29) is 11.3 Å². The molecular weight excluding hydrogens is 152 g/mol. The van der Waals surface area contributed by atoms with Crippen LogP contribution in [0.4, 0.5) is 14.5 Å². The topological polar surface area (TPSA) is 46.2 Å². The van der Waals surface area contributed by atoms with Crippen LogP contribution < -0.4 is 5.73 Å². The summed E-state index contributed by atoms with van der Waals surface area (Å²) in [5.41, 5.74) is 5.10. The van der Waals surface area contributed by atoms with Crippen LogP contribution in [0, 0.1) is 0 Å². The van der Waals surface area contributed by atoms with Gasteiger partial charge in [0.1, 0.15) is 5.75 Å². The summed E-state index contributed by atoms with van der Waals surface area (Å²) in [5.74, 6) is -0.458. The molecule has 0 amide bonds. The van der Waals surface area contributed by atoms with Crippen LogP contribution in [0.5, 0.6) is 5.75 Å². The van der Waals surface area contributed by atoms with Crippen molar-refractivity contribution in [1.29, 1.82) is 0 Å². The molecule has 0 bridgehead atoms. The highest BCUT2D eigenvalue weighted by Crippen LogP contribution is 2.29. The van der Waals surface area contributed by atoms with Crippen LogP contribution in [-0.2, 0) is 0 Å². The molecule has 3 N–H and O–H groups in total. The predicted molar refractivity (Wildman–Crippen MR) is 37.5 cm³/mol. The minimum Gasteiger partial charge on any atom is -0.507 e. The highest BCUT2D eigenvalue weighted by atomic mass is 19.3. The van der Waals surface area contributed by atoms with E-state index in [0.717, 1.165) is 12.1 Å². The number of hydrogen-bond acceptors (Lipinski definition) is 2. The molecule has 0 heterocycles. The summed E-state index contributed by atoms with van der Waals surface area (Å²) >= 11 is 0. The number of phenolic OH excluding ortho intramolecular Hbond substituents is 1. The summed E-state index contributed by atoms with van der Waals surface area (Å²) in [4.78, 5) is 0. The zero-order valence-corrected chi connectivity index (χ0v) is 5.59. The maximum absolute atomic E-state index is 12.0. The van der Waals surface area contributed by atoms with Gasteiger partial charge < -0.3 is 10.8 Å². The Kier molecular flexibility index (Phi) is 1.94. The molecule has 4 heteroatoms. The summed E-state index contributed by atoms with van der Waals surface area (Å²) in [6.45, 7) is 0. The van der Waals surface area contributed by atoms with Crippen molar-refractivity contribution >= 4 is 5.69 Å². The van der Waals surface area contributed by atoms with Crippen molar-refractivity contribution in [2.45, 2.75) is 6.43 Å². The number of nitrogens with two attached hydrogens (primary N) is 1. The van der Waals surface area contributed by atoms with Gasteiger partial charge in [0.15, 0.2) is 0 Å². The van der Waals surface area contributed by atoms with Crippen LogP contribution in [-0.4, -0.2) is 5.11 Å². The minimum absolute atomic E-state index is 0.270. The molecule has 11 heavy (non-hydrogen) atoms. The fourth-order valence-corrected chi connectivity index (χ4v) is 0.745. The zero-order chi connectivity index (χ0) is 8.43. The van der Waals surface area contributed by atoms with E-state index in [9.17, 15) is 8.78 Å². The summed E-state index contributed by atoms with van der Waals surface area (Å²) in [6.07, 6.45) is -2.66. The maximum Gasteiger partial charge on any atom is 0.267 e. The second-order valence-electron chi connectivity index (χ2n) is 2.12. The molecule has 0 aliphatic rings. The highest BCUT2D eigenvalue weighted by molar-refractivity contribution is 5.48. The van der Waals surface area contributed by atoms with E-state index in [1.807, 2.05) is 0 Å². The third-order valence-corrected chi connectivity index (χ3v) is 1.29. The van der Waals surface area contributed by atoms with Crippen molar-refractivity contribution in [2.24, 2.45) is 0 Å². The van der Waals surface area contributed by atoms with E-state index < -0.39 is 12.2 Å². The molecule has 2 nitrogen and oxygen atoms in total. The number of anilines is 1. The summed E-state index contributed by atoms with van der Waals surface area (Å²) < 4.78 is 23.9. The Labute approximate surface area is 62.3 Å². The van der Waals surface area contributed by atoms with Gasteiger partial charge in [0, 0.05) is 11.8 Å². The molecule has 1 aromatic carbocycles. The van der Waals surface area contributed by atoms with E-state index in [0.29, 0.717) is 0 Å². The Hall–Kier alpha value is -1.32. The number of rotatable bonds is 1. The van der Waals surface area contributed by atoms with E-state index in [1.54, 1.807) is 0 Å². The largest absolute Gasteiger partial charge is 0.507 e. The molecule has 0 spiro atoms. The Morgan fingerprint density at radius 1 is 1.36 bits per heavy atom. The quantitative estimate of drug-likeness (QED) is 0.615. The van der Waals surface area contributed by atoms with Gasteiger partial charge >= 0.3 is 0 Å². The number of benzene rings is 1. The first-order valence-corrected chi connectivity index (χ1v) is 2.98. The zero-order valence-electron chi connectivity index (χ0n) is 5.59. The third kappa shape index (κ3) is 1.58. The van der Waals surface area contributed by atoms with Crippen LogP contribution in [0.1, 0.15) is 12.0 Å². The Balaban J connectivity index is 3.09. The van der Waals surface area contributed by atoms with E-state index in [4.69, 9.17) is 10.8 Å². The third-order valence-electron chi connectivity index (χ3n) is 1.29. The van der Waals surface area contributed by atoms with Crippen LogP contribution in [0.2, 0.25) is 0 Å². The van der Waals surface area contributed by atoms with Crippen molar-refractivity contribution in [3.63, 3.8) is 0 Å². The summed E-state index contributed by atoms with van der Waals surface area (Å²) in [7, 11) is 0. The smallest absolute Gasteiger partial charge is 0.267 e. The van der Waals surface area contributed by atoms with Crippen LogP contribution in [0.15, 0.2) is 18.2 Å². The lowest BCUT2D eigenvalue weighted by molar-refractivity contribution is 0.147. The fourth-order valence-electron chi connectivity index (χ4n) is 0.745. The van der Waals surface area contributed by atoms with Crippen molar-refractivity contribution in [1.82, 2.24) is 0 Å². The lowest BCUT2D eigenvalue weighted by Crippen LogP contribution is -1.88. The van der Waals surface area contributed by atoms with Gasteiger partial charge in [0.05, 0.1) is 5.56 Å². The molecule has 60 valence electrons. The van der Waals surface area contributed by atoms with Crippen molar-refractivity contribution < 1.29 is 13.9 Å². The number of phenols is 1. The van der Waals surface area contributed by atoms with Gasteiger partial charge in [-0.15, -0.1) is 0 Å². The predicted octanol–water partition coefficient (Wildman–Crippen LogP) is 1.91. The summed E-state index contributed by atoms with van der Waals surface area (Å²) in [6, 6.07) is 3.53. The normalized spacial score (nSPS) is 10.5. The number of hydrogen-bond donors (Lipinski definition) is 2. The second-order valence-corrected chi connectivity index (χ2v) is 2.12. The van der Waals surface area contributed by atoms with Crippen LogP contribution >= 0.6 is 0 Å². The minimum atomic E-state index is -2.66. The molecule has 1 rings (SSSR count). The first-order chi connectivity index (χ1) is 5.11. The lowest BCUT2D eigenvalue weighted by atomic mass is 10.2. The van der Waals surface area contributed by atoms with Gasteiger partial charge in [-0.2, -0.15) is 0 Å². The lowest BCUT2D eigenvalue weighted by Gasteiger charge is -2.02. The van der Waals surface area contributed by atoms with E-state index >= 15 is 0 Å². The van der Waals surface area contributed by atoms with Gasteiger partial charge in [-0.3, -0.25) is 0 Å². The molecule has 0 aliphatic heterocycles. The standard InChI is InChI=1S/C7H7F2NO/c8-7(9)5-2-1-4(10)3-6(5)11/h1-3,7,11H,10H2. The van der Waals surface area contributed by atoms with Gasteiger partial charge in [-0.05, 0) is 12.1 Å². The SMILES string of the molecule is Nc1ccc(C(F)F)c(O)c1. The van der Waals surface area contributed by atoms with Crippen molar-refractivity contribution in [3.05, 3.63) is 23.8 Å². The van der Waals surface area contributed by atoms with E-state index in [2.05, 4.69) is 0 Å². The molecule has 0 atom stereocenters. The Morgan fingerprint density at radius 2 is 2.00 bits per heavy atom. The number of aromatic hydroxyl groups is 1. The molecule has 1 aromatic rings. The molecule has 0 radical (unpaired) electrons. The van der Waals surface area contributed by atoms with Gasteiger partial charge in [-0.1, -0.05) is 0 Å². The molecule has 0 unspecified atom stereocenters. The highest BCUT2D eigenvalue weighted by Gasteiger charge is 2.11. The van der Waals surface area contributed by atoms with Gasteiger partial charge in [-0.25, -0.2) is 8.78 Å². The molecule has 0 aromatic heterocycles. The Bertz CT molecular complexity index is 263. The Morgan fingerprint density at radius 3 is 2.45 bits per heavy atom. The van der Waals surface area contributed by atoms with Gasteiger partial charge in [0.2, 0.25) is 0 Å². The first-order valence-electron chi connectivity index (χ1n) is 2.98. The second kappa shape index (κ2) is 2.74. The van der Waals surface area contributed by atoms with Crippen molar-refractivity contribution in [3.8, 4) is 5.75 Å². The number of halogens is 2. The molecular formula is C7H7F2NO. The maximum atomic E-state index is 12.0. The number of nitrogen functional groups attached to an aromatic ring is 1. The molecule has 0 fully saturated rings. The fraction of sp³-hybridized carbons (Fsp3) is 0.143. The first kappa shape index (κ1) is 7.78. The number of alkyl halides is 2. The van der Waals surface area contributed by atoms with Crippen LogP contribution in [0.3, 0.4) is 0 Å². The average Bonchev–Trinajstić information content (AvgIpc) is 1.85. The molecule has 0 saturated heterocycles. The van der Waals surface area contributed by atoms with Gasteiger partial charge in [0.25, 0.3) is 6.43 Å². The monoisotopic (exact) mass is 159 g/mol. The van der Waals surface area contributed by atoms with E-state index in [1.165, 1.54) is 6.07 Å². The van der Waals surface area contributed by atoms with Crippen LogP contribution in [0.25, 0.3) is 0 Å².